The molecule has 0 spiro atoms. The Labute approximate surface area is 274 Å². The van der Waals surface area contributed by atoms with E-state index in [-0.39, 0.29) is 51.2 Å². The summed E-state index contributed by atoms with van der Waals surface area (Å²) in [7, 11) is 0. The zero-order valence-electron chi connectivity index (χ0n) is 26.2. The lowest BCUT2D eigenvalue weighted by molar-refractivity contribution is -0.140. The van der Waals surface area contributed by atoms with Crippen molar-refractivity contribution in [2.24, 2.45) is 16.5 Å². The normalized spacial score (nSPS) is 24.6. The average molecular weight is 682 g/mol. The van der Waals surface area contributed by atoms with Gasteiger partial charge in [0.1, 0.15) is 24.2 Å². The van der Waals surface area contributed by atoms with Crippen LogP contribution in [0.5, 0.6) is 0 Å². The summed E-state index contributed by atoms with van der Waals surface area (Å²) in [6, 6.07) is -4.58. The molecule has 2 unspecified atom stereocenters. The van der Waals surface area contributed by atoms with Crippen molar-refractivity contribution in [1.29, 1.82) is 0 Å². The summed E-state index contributed by atoms with van der Waals surface area (Å²) in [5, 5.41) is 28.5. The third-order valence-corrected chi connectivity index (χ3v) is 7.09. The van der Waals surface area contributed by atoms with Gasteiger partial charge in [0.05, 0.1) is 26.1 Å². The molecule has 0 radical (unpaired) electrons. The Morgan fingerprint density at radius 1 is 0.667 bits per heavy atom. The summed E-state index contributed by atoms with van der Waals surface area (Å²) in [5.74, 6) is -7.20. The fourth-order valence-corrected chi connectivity index (χ4v) is 4.62. The van der Waals surface area contributed by atoms with Gasteiger partial charge in [-0.1, -0.05) is 0 Å². The van der Waals surface area contributed by atoms with Crippen LogP contribution in [0.25, 0.3) is 0 Å². The molecule has 48 heavy (non-hydrogen) atoms. The van der Waals surface area contributed by atoms with Crippen LogP contribution in [0.1, 0.15) is 51.4 Å². The van der Waals surface area contributed by atoms with Crippen LogP contribution in [0.3, 0.4) is 0 Å². The first kappa shape index (κ1) is 38.7. The number of nitrogens with zero attached hydrogens (tertiary/aromatic N) is 1. The highest BCUT2D eigenvalue weighted by Gasteiger charge is 2.33. The van der Waals surface area contributed by atoms with Gasteiger partial charge in [-0.05, 0) is 38.5 Å². The second-order valence-corrected chi connectivity index (χ2v) is 11.0. The van der Waals surface area contributed by atoms with E-state index in [1.807, 2.05) is 0 Å². The second kappa shape index (κ2) is 19.9. The van der Waals surface area contributed by atoms with E-state index >= 15 is 0 Å². The average Bonchev–Trinajstić information content (AvgIpc) is 3.02. The monoisotopic (exact) mass is 681 g/mol. The smallest absolute Gasteiger partial charge is 0.305 e. The molecule has 3 rings (SSSR count). The summed E-state index contributed by atoms with van der Waals surface area (Å²) in [6.07, 6.45) is 0.313. The number of carboxylic acid groups (broad SMARTS) is 1. The van der Waals surface area contributed by atoms with Crippen LogP contribution >= 0.6 is 0 Å². The highest BCUT2D eigenvalue weighted by Crippen LogP contribution is 2.09. The van der Waals surface area contributed by atoms with Gasteiger partial charge in [0.15, 0.2) is 5.96 Å². The largest absolute Gasteiger partial charge is 0.481 e. The Morgan fingerprint density at radius 2 is 1.23 bits per heavy atom. The second-order valence-electron chi connectivity index (χ2n) is 11.0. The lowest BCUT2D eigenvalue weighted by Gasteiger charge is -2.29. The quantitative estimate of drug-likeness (QED) is 0.0540. The maximum Gasteiger partial charge on any atom is 0.305 e. The number of hydrogen-bond donors (Lipinski definition) is 11. The summed E-state index contributed by atoms with van der Waals surface area (Å²) in [5.41, 5.74) is 10.6. The molecule has 0 aliphatic carbocycles. The summed E-state index contributed by atoms with van der Waals surface area (Å²) >= 11 is 0. The van der Waals surface area contributed by atoms with Gasteiger partial charge in [0.2, 0.25) is 47.3 Å². The first-order chi connectivity index (χ1) is 22.7. The van der Waals surface area contributed by atoms with E-state index in [0.29, 0.717) is 12.8 Å². The number of carbonyl (C=O) groups excluding carboxylic acids is 8. The summed E-state index contributed by atoms with van der Waals surface area (Å²) < 4.78 is 0. The van der Waals surface area contributed by atoms with E-state index in [2.05, 4.69) is 47.5 Å². The SMILES string of the molecule is NC(N)=NCCC[C@@H]1NC(=O)CNC(=O)CCC2NC(=O)C(CCCCNC(=O)CNC(=O)[C@H](CC(=O)O)NC(=O)CNC1=O)NC2=O. The van der Waals surface area contributed by atoms with Crippen molar-refractivity contribution in [3.8, 4) is 0 Å². The summed E-state index contributed by atoms with van der Waals surface area (Å²) in [4.78, 5) is 115. The number of aliphatic imine (C=N–C) groups is 1. The molecule has 3 heterocycles. The van der Waals surface area contributed by atoms with Crippen LogP contribution in [0.2, 0.25) is 0 Å². The highest BCUT2D eigenvalue weighted by molar-refractivity contribution is 5.97. The van der Waals surface area contributed by atoms with Crippen LogP contribution in [-0.2, 0) is 43.2 Å². The topological polar surface area (TPSA) is 334 Å². The fraction of sp³-hybridized carbons (Fsp3) is 0.630. The Kier molecular flexibility index (Phi) is 16.0. The van der Waals surface area contributed by atoms with Crippen LogP contribution in [0.4, 0.5) is 0 Å². The van der Waals surface area contributed by atoms with Crippen LogP contribution in [0, 0.1) is 0 Å². The van der Waals surface area contributed by atoms with Crippen molar-refractivity contribution in [3.63, 3.8) is 0 Å². The lowest BCUT2D eigenvalue weighted by Crippen LogP contribution is -2.61. The molecule has 3 aliphatic rings. The number of aliphatic carboxylic acids is 1. The first-order valence-corrected chi connectivity index (χ1v) is 15.3. The molecule has 3 fully saturated rings. The van der Waals surface area contributed by atoms with Crippen LogP contribution < -0.4 is 54.0 Å². The zero-order valence-corrected chi connectivity index (χ0v) is 26.2. The minimum Gasteiger partial charge on any atom is -0.481 e. The molecule has 3 aliphatic heterocycles. The molecule has 8 amide bonds. The number of amides is 8. The molecular weight excluding hydrogens is 638 g/mol. The number of nitrogens with one attached hydrogen (secondary N) is 8. The third kappa shape index (κ3) is 14.7. The Morgan fingerprint density at radius 3 is 1.85 bits per heavy atom. The van der Waals surface area contributed by atoms with Gasteiger partial charge in [-0.25, -0.2) is 0 Å². The number of hydrogen-bond acceptors (Lipinski definition) is 10. The first-order valence-electron chi connectivity index (χ1n) is 15.3. The van der Waals surface area contributed by atoms with Crippen molar-refractivity contribution in [1.82, 2.24) is 42.5 Å². The van der Waals surface area contributed by atoms with E-state index in [1.54, 1.807) is 0 Å². The molecule has 4 atom stereocenters. The van der Waals surface area contributed by atoms with Crippen molar-refractivity contribution in [3.05, 3.63) is 0 Å². The maximum atomic E-state index is 12.9. The number of rotatable bonds is 6. The van der Waals surface area contributed by atoms with Crippen LogP contribution in [0.15, 0.2) is 4.99 Å². The number of piperazine rings is 1. The van der Waals surface area contributed by atoms with Gasteiger partial charge < -0.3 is 59.1 Å². The molecular formula is C27H43N11O10. The van der Waals surface area contributed by atoms with E-state index in [9.17, 15) is 48.3 Å². The fourth-order valence-electron chi connectivity index (χ4n) is 4.62. The molecule has 13 N–H and O–H groups in total. The number of carbonyl (C=O) groups is 9. The van der Waals surface area contributed by atoms with Gasteiger partial charge in [-0.3, -0.25) is 48.1 Å². The third-order valence-electron chi connectivity index (χ3n) is 7.09. The molecule has 21 nitrogen and oxygen atoms in total. The van der Waals surface area contributed by atoms with E-state index in [0.717, 1.165) is 0 Å². The molecule has 266 valence electrons. The molecule has 0 saturated carbocycles. The highest BCUT2D eigenvalue weighted by atomic mass is 16.4. The van der Waals surface area contributed by atoms with Crippen molar-refractivity contribution in [2.45, 2.75) is 75.5 Å². The van der Waals surface area contributed by atoms with Gasteiger partial charge in [0, 0.05) is 19.5 Å². The van der Waals surface area contributed by atoms with Crippen molar-refractivity contribution >= 4 is 59.2 Å². The number of nitrogens with two attached hydrogens (primary N) is 2. The van der Waals surface area contributed by atoms with Crippen molar-refractivity contribution < 1.29 is 48.3 Å². The zero-order chi connectivity index (χ0) is 35.6. The molecule has 21 heteroatoms. The minimum absolute atomic E-state index is 0.00745. The van der Waals surface area contributed by atoms with E-state index < -0.39 is 103 Å². The van der Waals surface area contributed by atoms with E-state index in [1.165, 1.54) is 0 Å². The number of fused-ring (bicyclic) bond motifs is 24. The molecule has 2 bridgehead atoms. The van der Waals surface area contributed by atoms with Gasteiger partial charge in [-0.2, -0.15) is 0 Å². The predicted molar refractivity (Wildman–Crippen MR) is 165 cm³/mol. The molecule has 0 aromatic carbocycles. The number of carboxylic acids is 1. The maximum absolute atomic E-state index is 12.9. The molecule has 3 saturated heterocycles. The number of guanidine groups is 1. The molecule has 0 aromatic heterocycles. The van der Waals surface area contributed by atoms with Gasteiger partial charge in [-0.15, -0.1) is 0 Å². The Balaban J connectivity index is 2.14. The Hall–Kier alpha value is -5.50. The standard InChI is InChI=1S/C27H43N11O10/c28-27(29)31-9-3-5-14-23(45)34-13-21(42)36-17(10-22(43)44)24(46)33-11-19(40)30-8-2-1-4-15-25(47)38-16(26(48)37-15)6-7-18(39)32-12-20(41)35-14/h14-17H,1-13H2,(H,30,40)(H,32,39)(H,33,46)(H,34,45)(H,35,41)(H,36,42)(H,37,48)(H,38,47)(H,43,44)(H4,28,29,31)/t14-,15?,16?,17-/m0/s1. The molecule has 0 aromatic rings. The van der Waals surface area contributed by atoms with Crippen LogP contribution in [-0.4, -0.2) is 121 Å². The minimum atomic E-state index is -1.59. The Bertz CT molecular complexity index is 1270. The predicted octanol–water partition coefficient (Wildman–Crippen LogP) is -6.10. The van der Waals surface area contributed by atoms with Gasteiger partial charge in [0.25, 0.3) is 0 Å². The summed E-state index contributed by atoms with van der Waals surface area (Å²) in [6.45, 7) is -1.48. The van der Waals surface area contributed by atoms with Crippen molar-refractivity contribution in [2.75, 3.05) is 32.7 Å². The van der Waals surface area contributed by atoms with E-state index in [4.69, 9.17) is 11.5 Å². The lowest BCUT2D eigenvalue weighted by atomic mass is 10.0. The van der Waals surface area contributed by atoms with Gasteiger partial charge >= 0.3 is 5.97 Å².